The predicted molar refractivity (Wildman–Crippen MR) is 148 cm³/mol. The van der Waals surface area contributed by atoms with E-state index in [1.54, 1.807) is 0 Å². The summed E-state index contributed by atoms with van der Waals surface area (Å²) in [6.07, 6.45) is 33.5. The van der Waals surface area contributed by atoms with Crippen LogP contribution < -0.4 is 0 Å². The quantitative estimate of drug-likeness (QED) is 0.0881. The molecule has 2 heteroatoms. The van der Waals surface area contributed by atoms with Gasteiger partial charge in [0.25, 0.3) is 0 Å². The Balaban J connectivity index is 3.70. The van der Waals surface area contributed by atoms with E-state index in [9.17, 15) is 0 Å². The topological polar surface area (TPSA) is 18.5 Å². The Morgan fingerprint density at radius 1 is 0.424 bits per heavy atom. The van der Waals surface area contributed by atoms with Crippen LogP contribution in [-0.4, -0.2) is 20.0 Å². The van der Waals surface area contributed by atoms with E-state index in [4.69, 9.17) is 9.47 Å². The summed E-state index contributed by atoms with van der Waals surface area (Å²) in [4.78, 5) is 0. The third kappa shape index (κ3) is 19.9. The van der Waals surface area contributed by atoms with Crippen LogP contribution in [-0.2, 0) is 9.47 Å². The second kappa shape index (κ2) is 25.0. The molecule has 200 valence electrons. The first kappa shape index (κ1) is 32.9. The lowest BCUT2D eigenvalue weighted by atomic mass is 9.87. The molecule has 1 atom stereocenters. The standard InChI is InChI=1S/C31H64O2/c1-6-8-10-12-14-15-16-17-18-19-20-21-22-23-25-27-29-30(31(3,32-4)33-5)28-26-24-13-11-9-7-2/h30H,6-29H2,1-5H3. The van der Waals surface area contributed by atoms with Crippen LogP contribution in [0.3, 0.4) is 0 Å². The van der Waals surface area contributed by atoms with Gasteiger partial charge in [0.1, 0.15) is 0 Å². The summed E-state index contributed by atoms with van der Waals surface area (Å²) in [5.41, 5.74) is 0. The first-order valence-corrected chi connectivity index (χ1v) is 15.2. The molecule has 0 aliphatic carbocycles. The summed E-state index contributed by atoms with van der Waals surface area (Å²) in [6, 6.07) is 0. The molecule has 0 saturated heterocycles. The van der Waals surface area contributed by atoms with Crippen molar-refractivity contribution in [2.24, 2.45) is 5.92 Å². The number of unbranched alkanes of at least 4 members (excludes halogenated alkanes) is 20. The fourth-order valence-corrected chi connectivity index (χ4v) is 5.20. The second-order valence-electron chi connectivity index (χ2n) is 10.8. The van der Waals surface area contributed by atoms with Gasteiger partial charge in [0.2, 0.25) is 0 Å². The molecule has 0 aliphatic heterocycles. The molecule has 0 bridgehead atoms. The summed E-state index contributed by atoms with van der Waals surface area (Å²) >= 11 is 0. The van der Waals surface area contributed by atoms with Crippen LogP contribution in [0.15, 0.2) is 0 Å². The molecule has 0 fully saturated rings. The molecular formula is C31H64O2. The van der Waals surface area contributed by atoms with E-state index in [2.05, 4.69) is 20.8 Å². The molecule has 0 spiro atoms. The molecule has 1 unspecified atom stereocenters. The van der Waals surface area contributed by atoms with E-state index in [0.29, 0.717) is 5.92 Å². The predicted octanol–water partition coefficient (Wildman–Crippen LogP) is 11.0. The Kier molecular flexibility index (Phi) is 25.0. The first-order valence-electron chi connectivity index (χ1n) is 15.2. The third-order valence-corrected chi connectivity index (χ3v) is 7.86. The average molecular weight is 469 g/mol. The fraction of sp³-hybridized carbons (Fsp3) is 1.00. The summed E-state index contributed by atoms with van der Waals surface area (Å²) in [7, 11) is 3.62. The Hall–Kier alpha value is -0.0800. The van der Waals surface area contributed by atoms with E-state index in [0.717, 1.165) is 0 Å². The molecule has 0 amide bonds. The highest BCUT2D eigenvalue weighted by Crippen LogP contribution is 2.32. The minimum Gasteiger partial charge on any atom is -0.353 e. The van der Waals surface area contributed by atoms with Gasteiger partial charge in [-0.15, -0.1) is 0 Å². The number of hydrogen-bond acceptors (Lipinski definition) is 2. The van der Waals surface area contributed by atoms with Crippen molar-refractivity contribution in [2.45, 2.75) is 181 Å². The molecule has 0 saturated carbocycles. The van der Waals surface area contributed by atoms with Crippen molar-refractivity contribution in [3.8, 4) is 0 Å². The van der Waals surface area contributed by atoms with E-state index >= 15 is 0 Å². The molecule has 0 aliphatic rings. The first-order chi connectivity index (χ1) is 16.1. The van der Waals surface area contributed by atoms with E-state index in [1.807, 2.05) is 14.2 Å². The van der Waals surface area contributed by atoms with Gasteiger partial charge in [0.15, 0.2) is 5.79 Å². The minimum atomic E-state index is -0.418. The van der Waals surface area contributed by atoms with Gasteiger partial charge in [0.05, 0.1) is 0 Å². The summed E-state index contributed by atoms with van der Waals surface area (Å²) in [5.74, 6) is 0.101. The lowest BCUT2D eigenvalue weighted by Crippen LogP contribution is -2.39. The van der Waals surface area contributed by atoms with Crippen LogP contribution in [0.5, 0.6) is 0 Å². The summed E-state index contributed by atoms with van der Waals surface area (Å²) in [6.45, 7) is 6.73. The number of hydrogen-bond donors (Lipinski definition) is 0. The lowest BCUT2D eigenvalue weighted by Gasteiger charge is -2.35. The average Bonchev–Trinajstić information content (AvgIpc) is 2.84. The van der Waals surface area contributed by atoms with Crippen molar-refractivity contribution >= 4 is 0 Å². The van der Waals surface area contributed by atoms with Gasteiger partial charge >= 0.3 is 0 Å². The van der Waals surface area contributed by atoms with Gasteiger partial charge in [-0.2, -0.15) is 0 Å². The van der Waals surface area contributed by atoms with Gasteiger partial charge < -0.3 is 9.47 Å². The van der Waals surface area contributed by atoms with E-state index in [-0.39, 0.29) is 0 Å². The third-order valence-electron chi connectivity index (χ3n) is 7.86. The monoisotopic (exact) mass is 468 g/mol. The van der Waals surface area contributed by atoms with Gasteiger partial charge in [0, 0.05) is 20.1 Å². The van der Waals surface area contributed by atoms with Crippen molar-refractivity contribution in [2.75, 3.05) is 14.2 Å². The van der Waals surface area contributed by atoms with Crippen molar-refractivity contribution in [1.29, 1.82) is 0 Å². The number of ether oxygens (including phenoxy) is 2. The van der Waals surface area contributed by atoms with Gasteiger partial charge in [-0.05, 0) is 19.8 Å². The molecule has 0 radical (unpaired) electrons. The maximum absolute atomic E-state index is 5.80. The summed E-state index contributed by atoms with van der Waals surface area (Å²) < 4.78 is 11.6. The lowest BCUT2D eigenvalue weighted by molar-refractivity contribution is -0.230. The molecule has 0 rings (SSSR count). The van der Waals surface area contributed by atoms with E-state index < -0.39 is 5.79 Å². The largest absolute Gasteiger partial charge is 0.353 e. The Bertz CT molecular complexity index is 364. The molecule has 0 aromatic rings. The van der Waals surface area contributed by atoms with Gasteiger partial charge in [-0.25, -0.2) is 0 Å². The normalized spacial score (nSPS) is 13.0. The van der Waals surface area contributed by atoms with Crippen molar-refractivity contribution < 1.29 is 9.47 Å². The Labute approximate surface area is 210 Å². The number of rotatable bonds is 27. The van der Waals surface area contributed by atoms with Gasteiger partial charge in [-0.3, -0.25) is 0 Å². The Morgan fingerprint density at radius 3 is 0.909 bits per heavy atom. The minimum absolute atomic E-state index is 0.418. The fourth-order valence-electron chi connectivity index (χ4n) is 5.20. The van der Waals surface area contributed by atoms with Crippen molar-refractivity contribution in [1.82, 2.24) is 0 Å². The highest BCUT2D eigenvalue weighted by molar-refractivity contribution is 4.75. The molecule has 0 N–H and O–H groups in total. The van der Waals surface area contributed by atoms with Crippen LogP contribution in [0.2, 0.25) is 0 Å². The van der Waals surface area contributed by atoms with Crippen molar-refractivity contribution in [3.05, 3.63) is 0 Å². The number of methoxy groups -OCH3 is 2. The zero-order valence-electron chi connectivity index (χ0n) is 23.9. The van der Waals surface area contributed by atoms with Crippen LogP contribution in [0, 0.1) is 5.92 Å². The highest BCUT2D eigenvalue weighted by atomic mass is 16.7. The maximum Gasteiger partial charge on any atom is 0.167 e. The SMILES string of the molecule is CCCCCCCCCCCCCCCCCCC(CCCCCCCC)C(C)(OC)OC. The molecule has 0 aromatic carbocycles. The van der Waals surface area contributed by atoms with Crippen molar-refractivity contribution in [3.63, 3.8) is 0 Å². The molecular weight excluding hydrogens is 404 g/mol. The van der Waals surface area contributed by atoms with E-state index in [1.165, 1.54) is 154 Å². The molecule has 33 heavy (non-hydrogen) atoms. The van der Waals surface area contributed by atoms with Crippen LogP contribution in [0.25, 0.3) is 0 Å². The Morgan fingerprint density at radius 2 is 0.667 bits per heavy atom. The molecule has 0 heterocycles. The van der Waals surface area contributed by atoms with Crippen LogP contribution in [0.1, 0.15) is 175 Å². The second-order valence-corrected chi connectivity index (χ2v) is 10.8. The van der Waals surface area contributed by atoms with Gasteiger partial charge in [-0.1, -0.05) is 155 Å². The summed E-state index contributed by atoms with van der Waals surface area (Å²) in [5, 5.41) is 0. The zero-order valence-corrected chi connectivity index (χ0v) is 23.9. The van der Waals surface area contributed by atoms with Crippen LogP contribution in [0.4, 0.5) is 0 Å². The maximum atomic E-state index is 5.80. The molecule has 0 aromatic heterocycles. The highest BCUT2D eigenvalue weighted by Gasteiger charge is 2.33. The zero-order chi connectivity index (χ0) is 24.5. The smallest absolute Gasteiger partial charge is 0.167 e. The van der Waals surface area contributed by atoms with Crippen LogP contribution >= 0.6 is 0 Å². The molecule has 2 nitrogen and oxygen atoms in total.